The van der Waals surface area contributed by atoms with E-state index in [4.69, 9.17) is 18.6 Å². The molecule has 5 aliphatic rings. The number of halogens is 1. The van der Waals surface area contributed by atoms with Crippen LogP contribution in [-0.2, 0) is 9.59 Å². The van der Waals surface area contributed by atoms with Crippen LogP contribution in [0.2, 0.25) is 0 Å². The first-order valence-corrected chi connectivity index (χ1v) is 12.6. The molecule has 2 atom stereocenters. The van der Waals surface area contributed by atoms with Gasteiger partial charge in [-0.25, -0.2) is 18.6 Å². The number of benzene rings is 1. The van der Waals surface area contributed by atoms with Crippen LogP contribution in [0.5, 0.6) is 0 Å². The summed E-state index contributed by atoms with van der Waals surface area (Å²) in [5.74, 6) is 0.143. The van der Waals surface area contributed by atoms with Gasteiger partial charge in [0, 0.05) is 48.4 Å². The van der Waals surface area contributed by atoms with Gasteiger partial charge >= 0.3 is 0 Å². The zero-order valence-electron chi connectivity index (χ0n) is 18.7. The van der Waals surface area contributed by atoms with Gasteiger partial charge in [0.1, 0.15) is 0 Å². The Morgan fingerprint density at radius 3 is 1.94 bits per heavy atom. The highest BCUT2D eigenvalue weighted by Crippen LogP contribution is 2.61. The normalized spacial score (nSPS) is 24.0. The second kappa shape index (κ2) is 8.85. The van der Waals surface area contributed by atoms with Gasteiger partial charge in [-0.15, -0.1) is 10.2 Å². The SMILES string of the molecule is O=C1CCC=C(C2(C3=CCCC(=O)N3)CC3c4ccccc4C2c2cccc[n+]23)N1.[O-][Cl+3]([O-])([O-])[O-]. The first-order valence-electron chi connectivity index (χ1n) is 11.4. The van der Waals surface area contributed by atoms with E-state index in [0.717, 1.165) is 30.7 Å². The summed E-state index contributed by atoms with van der Waals surface area (Å²) < 4.78 is 36.3. The molecular formula is C25H24ClN3O6. The van der Waals surface area contributed by atoms with Crippen LogP contribution in [0.15, 0.2) is 72.2 Å². The molecule has 1 aromatic carbocycles. The molecule has 7 rings (SSSR count). The molecule has 182 valence electrons. The van der Waals surface area contributed by atoms with Gasteiger partial charge in [0.2, 0.25) is 11.8 Å². The molecule has 5 heterocycles. The highest BCUT2D eigenvalue weighted by Gasteiger charge is 2.61. The number of hydrogen-bond donors (Lipinski definition) is 2. The van der Waals surface area contributed by atoms with Crippen molar-refractivity contribution in [2.24, 2.45) is 5.41 Å². The Hall–Kier alpha value is -3.08. The monoisotopic (exact) mass is 497 g/mol. The smallest absolute Gasteiger partial charge is 0.224 e. The summed E-state index contributed by atoms with van der Waals surface area (Å²) in [6.07, 6.45) is 9.83. The molecule has 2 aromatic rings. The van der Waals surface area contributed by atoms with Gasteiger partial charge in [-0.3, -0.25) is 9.59 Å². The number of carbonyl (C=O) groups is 2. The Kier molecular flexibility index (Phi) is 5.98. The average Bonchev–Trinajstić information content (AvgIpc) is 2.83. The molecule has 0 saturated carbocycles. The lowest BCUT2D eigenvalue weighted by Gasteiger charge is -2.52. The molecule has 35 heavy (non-hydrogen) atoms. The van der Waals surface area contributed by atoms with Gasteiger partial charge in [-0.2, -0.15) is 4.57 Å². The van der Waals surface area contributed by atoms with Gasteiger partial charge < -0.3 is 10.6 Å². The molecule has 10 heteroatoms. The third-order valence-electron chi connectivity index (χ3n) is 7.18. The number of aromatic nitrogens is 1. The minimum absolute atomic E-state index is 0.0224. The first kappa shape index (κ1) is 23.7. The van der Waals surface area contributed by atoms with E-state index < -0.39 is 15.7 Å². The Morgan fingerprint density at radius 2 is 1.37 bits per heavy atom. The van der Waals surface area contributed by atoms with Gasteiger partial charge in [0.25, 0.3) is 0 Å². The maximum absolute atomic E-state index is 12.4. The third kappa shape index (κ3) is 4.26. The van der Waals surface area contributed by atoms with E-state index in [1.165, 1.54) is 16.8 Å². The molecule has 2 amide bonds. The summed E-state index contributed by atoms with van der Waals surface area (Å²) in [5.41, 5.74) is 5.29. The van der Waals surface area contributed by atoms with Crippen molar-refractivity contribution in [3.63, 3.8) is 0 Å². The van der Waals surface area contributed by atoms with Crippen LogP contribution in [-0.4, -0.2) is 11.8 Å². The van der Waals surface area contributed by atoms with Crippen molar-refractivity contribution in [1.29, 1.82) is 0 Å². The Balaban J connectivity index is 0.000000464. The van der Waals surface area contributed by atoms with E-state index >= 15 is 0 Å². The number of allylic oxidation sites excluding steroid dienone is 2. The molecule has 9 nitrogen and oxygen atoms in total. The first-order chi connectivity index (χ1) is 16.7. The Bertz CT molecular complexity index is 1160. The standard InChI is InChI=1S/C25H23N3O2.ClHO4/c29-22-12-5-10-20(26-22)25(21-11-6-13-23(30)27-21)15-19-16-7-1-2-8-17(16)24(25)18-9-3-4-14-28(18)19;2-1(3,4)5/h1-4,7-11,14,19,24H,5-6,12-13,15H2,(H-,26,27,29,30);(H,2,3,4,5). The van der Waals surface area contributed by atoms with Crippen molar-refractivity contribution in [2.75, 3.05) is 0 Å². The molecule has 0 saturated heterocycles. The lowest BCUT2D eigenvalue weighted by molar-refractivity contribution is -2.00. The second-order valence-corrected chi connectivity index (χ2v) is 9.83. The van der Waals surface area contributed by atoms with Gasteiger partial charge in [0.15, 0.2) is 17.9 Å². The molecule has 1 aromatic heterocycles. The zero-order valence-corrected chi connectivity index (χ0v) is 19.5. The molecule has 0 radical (unpaired) electrons. The summed E-state index contributed by atoms with van der Waals surface area (Å²) >= 11 is 0. The largest absolute Gasteiger partial charge is 0.329 e. The molecule has 0 fully saturated rings. The van der Waals surface area contributed by atoms with Crippen LogP contribution in [0, 0.1) is 15.7 Å². The van der Waals surface area contributed by atoms with Crippen LogP contribution >= 0.6 is 0 Å². The molecule has 2 N–H and O–H groups in total. The molecule has 4 aliphatic heterocycles. The lowest BCUT2D eigenvalue weighted by Crippen LogP contribution is -2.68. The predicted octanol–water partition coefficient (Wildman–Crippen LogP) is -1.77. The number of rotatable bonds is 2. The molecular weight excluding hydrogens is 474 g/mol. The number of fused-ring (bicyclic) bond motifs is 1. The zero-order chi connectivity index (χ0) is 24.8. The third-order valence-corrected chi connectivity index (χ3v) is 7.18. The fourth-order valence-corrected chi connectivity index (χ4v) is 6.02. The average molecular weight is 498 g/mol. The van der Waals surface area contributed by atoms with Crippen LogP contribution in [0.1, 0.15) is 60.9 Å². The van der Waals surface area contributed by atoms with Crippen LogP contribution < -0.4 is 33.8 Å². The number of amides is 2. The number of carbonyl (C=O) groups excluding carboxylic acids is 2. The van der Waals surface area contributed by atoms with Gasteiger partial charge in [-0.05, 0) is 18.4 Å². The Morgan fingerprint density at radius 1 is 0.829 bits per heavy atom. The van der Waals surface area contributed by atoms with Crippen LogP contribution in [0.25, 0.3) is 0 Å². The summed E-state index contributed by atoms with van der Waals surface area (Å²) in [4.78, 5) is 24.9. The van der Waals surface area contributed by atoms with E-state index in [0.29, 0.717) is 12.8 Å². The quantitative estimate of drug-likeness (QED) is 0.468. The van der Waals surface area contributed by atoms with Crippen molar-refractivity contribution in [3.05, 3.63) is 89.0 Å². The minimum Gasteiger partial charge on any atom is -0.329 e. The predicted molar refractivity (Wildman–Crippen MR) is 111 cm³/mol. The molecule has 0 spiro atoms. The Labute approximate surface area is 204 Å². The van der Waals surface area contributed by atoms with Crippen LogP contribution in [0.3, 0.4) is 0 Å². The van der Waals surface area contributed by atoms with Crippen molar-refractivity contribution < 1.29 is 43.0 Å². The minimum atomic E-state index is -4.94. The number of nitrogens with zero attached hydrogens (tertiary/aromatic N) is 1. The van der Waals surface area contributed by atoms with Crippen molar-refractivity contribution in [3.8, 4) is 0 Å². The van der Waals surface area contributed by atoms with E-state index in [2.05, 4.69) is 76.0 Å². The highest BCUT2D eigenvalue weighted by molar-refractivity contribution is 5.82. The fraction of sp³-hybridized carbons (Fsp3) is 0.320. The maximum Gasteiger partial charge on any atom is 0.224 e. The summed E-state index contributed by atoms with van der Waals surface area (Å²) in [7, 11) is -4.94. The number of nitrogens with one attached hydrogen (secondary N) is 2. The van der Waals surface area contributed by atoms with E-state index in [1.807, 2.05) is 0 Å². The maximum atomic E-state index is 12.4. The topological polar surface area (TPSA) is 154 Å². The van der Waals surface area contributed by atoms with Crippen molar-refractivity contribution >= 4 is 11.8 Å². The van der Waals surface area contributed by atoms with E-state index in [1.54, 1.807) is 0 Å². The second-order valence-electron chi connectivity index (χ2n) is 9.07. The van der Waals surface area contributed by atoms with Crippen molar-refractivity contribution in [2.45, 2.75) is 44.1 Å². The highest BCUT2D eigenvalue weighted by atomic mass is 35.7. The summed E-state index contributed by atoms with van der Waals surface area (Å²) in [6, 6.07) is 15.2. The summed E-state index contributed by atoms with van der Waals surface area (Å²) in [6.45, 7) is 0. The molecule has 1 aliphatic carbocycles. The van der Waals surface area contributed by atoms with Gasteiger partial charge in [-0.1, -0.05) is 42.5 Å². The summed E-state index contributed by atoms with van der Waals surface area (Å²) in [5, 5.41) is 6.41. The van der Waals surface area contributed by atoms with E-state index in [-0.39, 0.29) is 23.8 Å². The lowest BCUT2D eigenvalue weighted by atomic mass is 9.55. The molecule has 2 bridgehead atoms. The van der Waals surface area contributed by atoms with Crippen molar-refractivity contribution in [1.82, 2.24) is 10.6 Å². The van der Waals surface area contributed by atoms with Gasteiger partial charge in [0.05, 0.1) is 11.3 Å². The number of hydrogen-bond acceptors (Lipinski definition) is 6. The fourth-order valence-electron chi connectivity index (χ4n) is 6.02. The van der Waals surface area contributed by atoms with Crippen LogP contribution in [0.4, 0.5) is 0 Å². The number of pyridine rings is 1. The molecule has 2 unspecified atom stereocenters. The van der Waals surface area contributed by atoms with E-state index in [9.17, 15) is 9.59 Å².